The summed E-state index contributed by atoms with van der Waals surface area (Å²) >= 11 is 0. The van der Waals surface area contributed by atoms with E-state index in [1.165, 1.54) is 28.9 Å². The molecular weight excluding hydrogens is 396 g/mol. The molecule has 11 heteroatoms. The molecule has 152 valence electrons. The fraction of sp³-hybridized carbons (Fsp3) is 0.158. The third-order valence-electron chi connectivity index (χ3n) is 4.59. The highest BCUT2D eigenvalue weighted by Crippen LogP contribution is 2.23. The van der Waals surface area contributed by atoms with E-state index < -0.39 is 17.3 Å². The Labute approximate surface area is 166 Å². The molecule has 0 saturated heterocycles. The molecule has 5 rings (SSSR count). The summed E-state index contributed by atoms with van der Waals surface area (Å²) in [7, 11) is 0. The van der Waals surface area contributed by atoms with Crippen LogP contribution in [0.5, 0.6) is 5.88 Å². The highest BCUT2D eigenvalue weighted by molar-refractivity contribution is 5.61. The van der Waals surface area contributed by atoms with Gasteiger partial charge in [0.2, 0.25) is 5.88 Å². The average Bonchev–Trinajstić information content (AvgIpc) is 3.34. The van der Waals surface area contributed by atoms with Crippen LogP contribution in [0.2, 0.25) is 0 Å². The monoisotopic (exact) mass is 411 g/mol. The third-order valence-corrected chi connectivity index (χ3v) is 4.59. The molecule has 0 atom stereocenters. The van der Waals surface area contributed by atoms with Gasteiger partial charge in [-0.3, -0.25) is 9.98 Å². The summed E-state index contributed by atoms with van der Waals surface area (Å²) in [5.74, 6) is -2.07. The summed E-state index contributed by atoms with van der Waals surface area (Å²) in [5.41, 5.74) is 0.385. The molecule has 0 amide bonds. The number of imidazole rings is 1. The van der Waals surface area contributed by atoms with E-state index in [1.54, 1.807) is 6.07 Å². The maximum atomic E-state index is 14.1. The Morgan fingerprint density at radius 1 is 1.30 bits per heavy atom. The smallest absolute Gasteiger partial charge is 0.326 e. The zero-order chi connectivity index (χ0) is 20.8. The van der Waals surface area contributed by atoms with E-state index in [4.69, 9.17) is 0 Å². The highest BCUT2D eigenvalue weighted by atomic mass is 19.2. The second-order valence-corrected chi connectivity index (χ2v) is 6.91. The van der Waals surface area contributed by atoms with Crippen LogP contribution >= 0.6 is 0 Å². The van der Waals surface area contributed by atoms with E-state index >= 15 is 0 Å². The number of nitrogens with zero attached hydrogens (tertiary/aromatic N) is 4. The summed E-state index contributed by atoms with van der Waals surface area (Å²) in [6, 6.07) is 5.59. The number of H-pyrrole nitrogens is 2. The number of fused-ring (bicyclic) bond motifs is 1. The minimum absolute atomic E-state index is 0.0677. The van der Waals surface area contributed by atoms with Gasteiger partial charge in [-0.25, -0.2) is 18.6 Å². The van der Waals surface area contributed by atoms with Crippen molar-refractivity contribution in [3.63, 3.8) is 0 Å². The van der Waals surface area contributed by atoms with Crippen LogP contribution in [0.1, 0.15) is 18.5 Å². The molecule has 1 fully saturated rings. The lowest BCUT2D eigenvalue weighted by Gasteiger charge is -2.08. The molecule has 0 unspecified atom stereocenters. The summed E-state index contributed by atoms with van der Waals surface area (Å²) in [6.07, 6.45) is 4.93. The Bertz CT molecular complexity index is 1450. The summed E-state index contributed by atoms with van der Waals surface area (Å²) in [5, 5.41) is 17.4. The van der Waals surface area contributed by atoms with E-state index in [2.05, 4.69) is 30.4 Å². The van der Waals surface area contributed by atoms with Gasteiger partial charge in [0.25, 0.3) is 0 Å². The quantitative estimate of drug-likeness (QED) is 0.400. The number of halogens is 2. The van der Waals surface area contributed by atoms with Crippen LogP contribution < -0.4 is 21.7 Å². The zero-order valence-corrected chi connectivity index (χ0v) is 15.4. The summed E-state index contributed by atoms with van der Waals surface area (Å²) in [4.78, 5) is 25.1. The zero-order valence-electron chi connectivity index (χ0n) is 15.4. The van der Waals surface area contributed by atoms with Gasteiger partial charge >= 0.3 is 5.69 Å². The predicted molar refractivity (Wildman–Crippen MR) is 103 cm³/mol. The molecule has 4 N–H and O–H groups in total. The van der Waals surface area contributed by atoms with Gasteiger partial charge in [-0.1, -0.05) is 6.07 Å². The molecule has 9 nitrogen and oxygen atoms in total. The molecule has 0 aliphatic heterocycles. The number of aromatic amines is 2. The van der Waals surface area contributed by atoms with Gasteiger partial charge in [-0.2, -0.15) is 9.61 Å². The second-order valence-electron chi connectivity index (χ2n) is 6.91. The van der Waals surface area contributed by atoms with Crippen LogP contribution in [0.15, 0.2) is 40.2 Å². The molecule has 0 radical (unpaired) electrons. The Kier molecular flexibility index (Phi) is 4.09. The van der Waals surface area contributed by atoms with Crippen molar-refractivity contribution in [1.29, 1.82) is 0 Å². The number of benzene rings is 1. The van der Waals surface area contributed by atoms with Gasteiger partial charge < -0.3 is 15.4 Å². The molecule has 3 aromatic heterocycles. The Balaban J connectivity index is 1.69. The van der Waals surface area contributed by atoms with Crippen molar-refractivity contribution in [2.45, 2.75) is 18.9 Å². The Morgan fingerprint density at radius 3 is 2.87 bits per heavy atom. The van der Waals surface area contributed by atoms with Gasteiger partial charge in [0.1, 0.15) is 11.5 Å². The second kappa shape index (κ2) is 6.79. The number of nitrogens with one attached hydrogen (secondary N) is 3. The van der Waals surface area contributed by atoms with Crippen molar-refractivity contribution in [3.05, 3.63) is 69.0 Å². The first-order valence-corrected chi connectivity index (χ1v) is 9.14. The minimum Gasteiger partial charge on any atom is -0.493 e. The van der Waals surface area contributed by atoms with Crippen molar-refractivity contribution in [2.24, 2.45) is 4.99 Å². The lowest BCUT2D eigenvalue weighted by molar-refractivity contribution is 0.454. The van der Waals surface area contributed by atoms with E-state index in [9.17, 15) is 18.7 Å². The van der Waals surface area contributed by atoms with E-state index in [0.717, 1.165) is 18.9 Å². The van der Waals surface area contributed by atoms with Crippen LogP contribution in [0.3, 0.4) is 0 Å². The number of anilines is 2. The molecule has 1 aliphatic rings. The van der Waals surface area contributed by atoms with E-state index in [-0.39, 0.29) is 29.1 Å². The predicted octanol–water partition coefficient (Wildman–Crippen LogP) is 1.08. The SMILES string of the molecule is O=c1[nH]c(O)c(/C=c2/cnn3c(=NC4CC4)cc(Nc4cccc(F)c4F)nc23)[nH]1. The fourth-order valence-electron chi connectivity index (χ4n) is 3.00. The van der Waals surface area contributed by atoms with Crippen LogP contribution in [0.4, 0.5) is 20.3 Å². The number of aromatic nitrogens is 5. The molecule has 30 heavy (non-hydrogen) atoms. The van der Waals surface area contributed by atoms with Gasteiger partial charge in [-0.15, -0.1) is 0 Å². The molecule has 1 saturated carbocycles. The molecule has 0 spiro atoms. The lowest BCUT2D eigenvalue weighted by atomic mass is 10.3. The third kappa shape index (κ3) is 3.30. The van der Waals surface area contributed by atoms with Gasteiger partial charge in [0.15, 0.2) is 22.8 Å². The molecule has 0 bridgehead atoms. The van der Waals surface area contributed by atoms with E-state index in [0.29, 0.717) is 16.4 Å². The molecule has 4 aromatic rings. The van der Waals surface area contributed by atoms with Crippen LogP contribution in [-0.2, 0) is 0 Å². The average molecular weight is 411 g/mol. The van der Waals surface area contributed by atoms with E-state index in [1.807, 2.05) is 0 Å². The van der Waals surface area contributed by atoms with Gasteiger partial charge in [0, 0.05) is 11.3 Å². The van der Waals surface area contributed by atoms with Crippen molar-refractivity contribution in [2.75, 3.05) is 5.32 Å². The molecule has 3 heterocycles. The largest absolute Gasteiger partial charge is 0.493 e. The van der Waals surface area contributed by atoms with Crippen molar-refractivity contribution >= 4 is 23.2 Å². The van der Waals surface area contributed by atoms with Crippen LogP contribution in [0, 0.1) is 11.6 Å². The number of rotatable bonds is 4. The minimum atomic E-state index is -1.02. The first-order valence-electron chi connectivity index (χ1n) is 9.14. The standard InChI is InChI=1S/C19H15F2N7O2/c20-11-2-1-3-12(16(11)21)24-14-7-15(23-10-4-5-10)28-17(26-14)9(8-22-28)6-13-18(29)27-19(30)25-13/h1-3,6-8,10,24,29H,4-5H2,(H2,25,27,30)/b9-6-,23-15?. The van der Waals surface area contributed by atoms with Crippen LogP contribution in [0.25, 0.3) is 11.7 Å². The topological polar surface area (TPSA) is 123 Å². The van der Waals surface area contributed by atoms with Crippen LogP contribution in [-0.4, -0.2) is 35.7 Å². The normalized spacial score (nSPS) is 15.3. The highest BCUT2D eigenvalue weighted by Gasteiger charge is 2.20. The van der Waals surface area contributed by atoms with Crippen molar-refractivity contribution in [1.82, 2.24) is 24.6 Å². The fourth-order valence-corrected chi connectivity index (χ4v) is 3.00. The van der Waals surface area contributed by atoms with Crippen molar-refractivity contribution in [3.8, 4) is 5.88 Å². The lowest BCUT2D eigenvalue weighted by Crippen LogP contribution is -2.20. The number of aromatic hydroxyl groups is 1. The molecular formula is C19H15F2N7O2. The Hall–Kier alpha value is -4.02. The summed E-state index contributed by atoms with van der Waals surface area (Å²) < 4.78 is 29.2. The summed E-state index contributed by atoms with van der Waals surface area (Å²) in [6.45, 7) is 0. The molecule has 1 aromatic carbocycles. The molecule has 1 aliphatic carbocycles. The first-order chi connectivity index (χ1) is 14.5. The number of hydrogen-bond acceptors (Lipinski definition) is 6. The van der Waals surface area contributed by atoms with Crippen molar-refractivity contribution < 1.29 is 13.9 Å². The first kappa shape index (κ1) is 18.0. The maximum Gasteiger partial charge on any atom is 0.326 e. The van der Waals surface area contributed by atoms with Gasteiger partial charge in [-0.05, 0) is 31.1 Å². The van der Waals surface area contributed by atoms with Gasteiger partial charge in [0.05, 0.1) is 17.9 Å². The Morgan fingerprint density at radius 2 is 2.13 bits per heavy atom. The maximum absolute atomic E-state index is 14.1. The number of hydrogen-bond donors (Lipinski definition) is 4.